The Morgan fingerprint density at radius 3 is 2.71 bits per heavy atom. The van der Waals surface area contributed by atoms with E-state index in [9.17, 15) is 15.0 Å². The Balaban J connectivity index is 1.65. The van der Waals surface area contributed by atoms with Gasteiger partial charge in [0.2, 0.25) is 5.91 Å². The van der Waals surface area contributed by atoms with Gasteiger partial charge in [0.05, 0.1) is 6.54 Å². The number of aromatic hydroxyl groups is 2. The molecule has 5 rings (SSSR count). The van der Waals surface area contributed by atoms with E-state index in [-0.39, 0.29) is 24.0 Å². The van der Waals surface area contributed by atoms with E-state index in [1.54, 1.807) is 11.0 Å². The van der Waals surface area contributed by atoms with Crippen molar-refractivity contribution >= 4 is 22.9 Å². The molecule has 1 amide bonds. The number of phenols is 2. The van der Waals surface area contributed by atoms with Gasteiger partial charge in [-0.1, -0.05) is 18.2 Å². The Morgan fingerprint density at radius 1 is 1.14 bits per heavy atom. The third kappa shape index (κ3) is 2.09. The number of ether oxygens (including phenoxy) is 1. The molecular weight excluding hydrogens is 376 g/mol. The Morgan fingerprint density at radius 2 is 1.93 bits per heavy atom. The maximum Gasteiger partial charge on any atom is 0.246 e. The number of hydrogen-bond donors (Lipinski definition) is 2. The van der Waals surface area contributed by atoms with Gasteiger partial charge in [-0.05, 0) is 29.8 Å². The molecule has 0 radical (unpaired) electrons. The molecule has 7 heteroatoms. The Kier molecular flexibility index (Phi) is 3.42. The number of carbonyl (C=O) groups is 1. The van der Waals surface area contributed by atoms with Gasteiger partial charge in [0.15, 0.2) is 11.5 Å². The molecule has 2 aliphatic rings. The summed E-state index contributed by atoms with van der Waals surface area (Å²) >= 11 is 1.36. The second-order valence-electron chi connectivity index (χ2n) is 6.82. The fourth-order valence-corrected chi connectivity index (χ4v) is 4.83. The fourth-order valence-electron chi connectivity index (χ4n) is 4.03. The maximum atomic E-state index is 13.7. The quantitative estimate of drug-likeness (QED) is 0.655. The molecule has 1 atom stereocenters. The predicted octanol–water partition coefficient (Wildman–Crippen LogP) is 3.26. The second-order valence-corrected chi connectivity index (χ2v) is 7.99. The summed E-state index contributed by atoms with van der Waals surface area (Å²) in [6.45, 7) is 0.453. The number of anilines is 1. The first kappa shape index (κ1) is 16.7. The molecule has 0 bridgehead atoms. The average molecular weight is 390 g/mol. The van der Waals surface area contributed by atoms with Crippen LogP contribution in [0.25, 0.3) is 0 Å². The van der Waals surface area contributed by atoms with Gasteiger partial charge in [0.25, 0.3) is 0 Å². The van der Waals surface area contributed by atoms with Gasteiger partial charge in [-0.2, -0.15) is 5.26 Å². The van der Waals surface area contributed by atoms with Crippen molar-refractivity contribution in [3.63, 3.8) is 0 Å². The molecule has 1 aromatic heterocycles. The minimum Gasteiger partial charge on any atom is -0.504 e. The van der Waals surface area contributed by atoms with Crippen LogP contribution >= 0.6 is 11.3 Å². The summed E-state index contributed by atoms with van der Waals surface area (Å²) in [4.78, 5) is 16.9. The van der Waals surface area contributed by atoms with E-state index in [0.717, 1.165) is 16.1 Å². The van der Waals surface area contributed by atoms with Crippen molar-refractivity contribution in [2.24, 2.45) is 0 Å². The van der Waals surface area contributed by atoms with Gasteiger partial charge in [-0.3, -0.25) is 4.79 Å². The van der Waals surface area contributed by atoms with Crippen LogP contribution in [-0.4, -0.2) is 22.7 Å². The number of nitrogens with zero attached hydrogens (tertiary/aromatic N) is 2. The molecule has 1 spiro atoms. The largest absolute Gasteiger partial charge is 0.504 e. The smallest absolute Gasteiger partial charge is 0.246 e. The highest BCUT2D eigenvalue weighted by Gasteiger charge is 2.57. The molecule has 28 heavy (non-hydrogen) atoms. The summed E-state index contributed by atoms with van der Waals surface area (Å²) in [5.74, 6) is -0.328. The molecule has 2 aliphatic heterocycles. The number of fused-ring (bicyclic) bond motifs is 4. The van der Waals surface area contributed by atoms with Crippen molar-refractivity contribution in [2.75, 3.05) is 11.5 Å². The number of rotatable bonds is 2. The monoisotopic (exact) mass is 390 g/mol. The first-order valence-corrected chi connectivity index (χ1v) is 9.46. The normalized spacial score (nSPS) is 19.4. The number of hydrogen-bond acceptors (Lipinski definition) is 6. The molecule has 1 unspecified atom stereocenters. The van der Waals surface area contributed by atoms with Crippen LogP contribution in [0.1, 0.15) is 20.9 Å². The maximum absolute atomic E-state index is 13.7. The van der Waals surface area contributed by atoms with Gasteiger partial charge in [-0.25, -0.2) is 0 Å². The molecular formula is C21H14N2O4S. The van der Waals surface area contributed by atoms with Gasteiger partial charge in [0, 0.05) is 22.2 Å². The highest BCUT2D eigenvalue weighted by atomic mass is 32.1. The lowest BCUT2D eigenvalue weighted by atomic mass is 9.77. The molecule has 0 aliphatic carbocycles. The van der Waals surface area contributed by atoms with Crippen LogP contribution < -0.4 is 9.64 Å². The summed E-state index contributed by atoms with van der Waals surface area (Å²) in [5, 5.41) is 28.9. The lowest BCUT2D eigenvalue weighted by molar-refractivity contribution is -0.122. The van der Waals surface area contributed by atoms with E-state index in [1.807, 2.05) is 30.3 Å². The number of nitriles is 1. The summed E-state index contributed by atoms with van der Waals surface area (Å²) in [5.41, 5.74) is 1.07. The Hall–Kier alpha value is -3.50. The van der Waals surface area contributed by atoms with Gasteiger partial charge in [-0.15, -0.1) is 11.3 Å². The van der Waals surface area contributed by atoms with Crippen molar-refractivity contribution in [1.82, 2.24) is 0 Å². The number of carbonyl (C=O) groups excluding carboxylic acids is 1. The average Bonchev–Trinajstić information content (AvgIpc) is 3.36. The van der Waals surface area contributed by atoms with Crippen molar-refractivity contribution in [1.29, 1.82) is 5.26 Å². The predicted molar refractivity (Wildman–Crippen MR) is 103 cm³/mol. The lowest BCUT2D eigenvalue weighted by Gasteiger charge is -2.23. The zero-order chi connectivity index (χ0) is 19.5. The fraction of sp³-hybridized carbons (Fsp3) is 0.143. The summed E-state index contributed by atoms with van der Waals surface area (Å²) in [6, 6.07) is 16.0. The third-order valence-electron chi connectivity index (χ3n) is 5.33. The highest BCUT2D eigenvalue weighted by molar-refractivity contribution is 7.12. The summed E-state index contributed by atoms with van der Waals surface area (Å²) < 4.78 is 5.76. The third-order valence-corrected chi connectivity index (χ3v) is 6.31. The number of phenolic OH excluding ortho intramolecular Hbond substituents is 2. The minimum atomic E-state index is -1.06. The van der Waals surface area contributed by atoms with Crippen molar-refractivity contribution in [3.05, 3.63) is 69.4 Å². The SMILES string of the molecule is N#Cc1ccc(CN2C(=O)C3(COc4cc(O)c(O)cc43)c3ccccc32)s1. The molecule has 2 N–H and O–H groups in total. The van der Waals surface area contributed by atoms with Crippen molar-refractivity contribution < 1.29 is 19.7 Å². The van der Waals surface area contributed by atoms with E-state index in [0.29, 0.717) is 22.7 Å². The van der Waals surface area contributed by atoms with Crippen molar-refractivity contribution in [2.45, 2.75) is 12.0 Å². The van der Waals surface area contributed by atoms with E-state index in [2.05, 4.69) is 6.07 Å². The zero-order valence-corrected chi connectivity index (χ0v) is 15.4. The van der Waals surface area contributed by atoms with Crippen LogP contribution in [0.2, 0.25) is 0 Å². The Bertz CT molecular complexity index is 1180. The Labute approximate surface area is 164 Å². The molecule has 6 nitrogen and oxygen atoms in total. The molecule has 138 valence electrons. The molecule has 0 saturated heterocycles. The topological polar surface area (TPSA) is 93.8 Å². The summed E-state index contributed by atoms with van der Waals surface area (Å²) in [6.07, 6.45) is 0. The number of amides is 1. The van der Waals surface area contributed by atoms with E-state index >= 15 is 0 Å². The second kappa shape index (κ2) is 5.75. The number of thiophene rings is 1. The molecule has 3 aromatic rings. The minimum absolute atomic E-state index is 0.103. The zero-order valence-electron chi connectivity index (χ0n) is 14.5. The van der Waals surface area contributed by atoms with Crippen LogP contribution in [0.4, 0.5) is 5.69 Å². The van der Waals surface area contributed by atoms with E-state index in [1.165, 1.54) is 23.5 Å². The first-order valence-electron chi connectivity index (χ1n) is 8.64. The summed E-state index contributed by atoms with van der Waals surface area (Å²) in [7, 11) is 0. The first-order chi connectivity index (χ1) is 13.5. The van der Waals surface area contributed by atoms with Crippen LogP contribution in [0.3, 0.4) is 0 Å². The molecule has 2 aromatic carbocycles. The molecule has 0 fully saturated rings. The van der Waals surface area contributed by atoms with E-state index < -0.39 is 5.41 Å². The van der Waals surface area contributed by atoms with Crippen LogP contribution in [0.5, 0.6) is 17.2 Å². The van der Waals surface area contributed by atoms with Gasteiger partial charge >= 0.3 is 0 Å². The van der Waals surface area contributed by atoms with Crippen molar-refractivity contribution in [3.8, 4) is 23.3 Å². The van der Waals surface area contributed by atoms with E-state index in [4.69, 9.17) is 10.00 Å². The lowest BCUT2D eigenvalue weighted by Crippen LogP contribution is -2.42. The van der Waals surface area contributed by atoms with Gasteiger partial charge < -0.3 is 19.8 Å². The number of para-hydroxylation sites is 1. The van der Waals surface area contributed by atoms with Crippen LogP contribution in [0.15, 0.2) is 48.5 Å². The standard InChI is InChI=1S/C21H14N2O4S/c22-9-12-5-6-13(28-12)10-23-16-4-2-1-3-14(16)21(20(23)26)11-27-19-8-18(25)17(24)7-15(19)21/h1-8,24-25H,10-11H2. The van der Waals surface area contributed by atoms with Crippen LogP contribution in [0, 0.1) is 11.3 Å². The highest BCUT2D eigenvalue weighted by Crippen LogP contribution is 2.54. The number of benzene rings is 2. The molecule has 3 heterocycles. The van der Waals surface area contributed by atoms with Gasteiger partial charge in [0.1, 0.15) is 28.7 Å². The molecule has 0 saturated carbocycles. The van der Waals surface area contributed by atoms with Crippen LogP contribution in [-0.2, 0) is 16.8 Å².